The molecule has 0 saturated carbocycles. The Morgan fingerprint density at radius 1 is 1.50 bits per heavy atom. The SMILES string of the molecule is COc1ccc(Br)cc1[C@H](N)[C@@H](C)O. The van der Waals surface area contributed by atoms with Crippen molar-refractivity contribution >= 4 is 15.9 Å². The van der Waals surface area contributed by atoms with Gasteiger partial charge in [-0.2, -0.15) is 0 Å². The Morgan fingerprint density at radius 2 is 2.14 bits per heavy atom. The Balaban J connectivity index is 3.10. The maximum absolute atomic E-state index is 9.39. The molecule has 14 heavy (non-hydrogen) atoms. The molecule has 0 heterocycles. The van der Waals surface area contributed by atoms with E-state index in [0.29, 0.717) is 5.75 Å². The summed E-state index contributed by atoms with van der Waals surface area (Å²) in [6, 6.07) is 5.12. The lowest BCUT2D eigenvalue weighted by Crippen LogP contribution is -2.23. The van der Waals surface area contributed by atoms with Crippen LogP contribution in [0.2, 0.25) is 0 Å². The van der Waals surface area contributed by atoms with Crippen LogP contribution in [0.25, 0.3) is 0 Å². The molecule has 0 amide bonds. The molecular formula is C10H14BrNO2. The second kappa shape index (κ2) is 4.77. The van der Waals surface area contributed by atoms with Crippen molar-refractivity contribution in [3.05, 3.63) is 28.2 Å². The van der Waals surface area contributed by atoms with Gasteiger partial charge in [-0.25, -0.2) is 0 Å². The lowest BCUT2D eigenvalue weighted by atomic mass is 10.0. The number of ether oxygens (including phenoxy) is 1. The number of aliphatic hydroxyl groups excluding tert-OH is 1. The molecule has 0 aliphatic rings. The van der Waals surface area contributed by atoms with E-state index in [9.17, 15) is 5.11 Å². The summed E-state index contributed by atoms with van der Waals surface area (Å²) in [5, 5.41) is 9.39. The third-order valence-corrected chi connectivity index (χ3v) is 2.56. The normalized spacial score (nSPS) is 14.9. The lowest BCUT2D eigenvalue weighted by molar-refractivity contribution is 0.162. The summed E-state index contributed by atoms with van der Waals surface area (Å²) in [6.07, 6.45) is -0.599. The highest BCUT2D eigenvalue weighted by Crippen LogP contribution is 2.28. The van der Waals surface area contributed by atoms with Crippen LogP contribution in [0, 0.1) is 0 Å². The molecule has 0 fully saturated rings. The molecule has 3 nitrogen and oxygen atoms in total. The fourth-order valence-electron chi connectivity index (χ4n) is 1.23. The number of methoxy groups -OCH3 is 1. The first kappa shape index (κ1) is 11.5. The first-order chi connectivity index (χ1) is 6.56. The topological polar surface area (TPSA) is 55.5 Å². The fourth-order valence-corrected chi connectivity index (χ4v) is 1.60. The zero-order valence-electron chi connectivity index (χ0n) is 8.20. The van der Waals surface area contributed by atoms with Crippen LogP contribution >= 0.6 is 15.9 Å². The summed E-state index contributed by atoms with van der Waals surface area (Å²) in [7, 11) is 1.58. The molecule has 0 spiro atoms. The van der Waals surface area contributed by atoms with Gasteiger partial charge < -0.3 is 15.6 Å². The average molecular weight is 260 g/mol. The summed E-state index contributed by atoms with van der Waals surface area (Å²) in [4.78, 5) is 0. The second-order valence-corrected chi connectivity index (χ2v) is 4.07. The predicted molar refractivity (Wildman–Crippen MR) is 59.3 cm³/mol. The third-order valence-electron chi connectivity index (χ3n) is 2.07. The van der Waals surface area contributed by atoms with E-state index >= 15 is 0 Å². The number of rotatable bonds is 3. The zero-order valence-corrected chi connectivity index (χ0v) is 9.78. The van der Waals surface area contributed by atoms with Crippen molar-refractivity contribution in [1.82, 2.24) is 0 Å². The van der Waals surface area contributed by atoms with Crippen molar-refractivity contribution in [3.63, 3.8) is 0 Å². The highest BCUT2D eigenvalue weighted by molar-refractivity contribution is 9.10. The highest BCUT2D eigenvalue weighted by atomic mass is 79.9. The van der Waals surface area contributed by atoms with E-state index in [1.165, 1.54) is 0 Å². The Hall–Kier alpha value is -0.580. The number of hydrogen-bond acceptors (Lipinski definition) is 3. The largest absolute Gasteiger partial charge is 0.496 e. The first-order valence-electron chi connectivity index (χ1n) is 4.33. The molecule has 0 radical (unpaired) electrons. The molecule has 1 aromatic carbocycles. The molecule has 0 bridgehead atoms. The molecule has 3 N–H and O–H groups in total. The monoisotopic (exact) mass is 259 g/mol. The van der Waals surface area contributed by atoms with E-state index < -0.39 is 12.1 Å². The summed E-state index contributed by atoms with van der Waals surface area (Å²) in [6.45, 7) is 1.66. The van der Waals surface area contributed by atoms with Crippen molar-refractivity contribution in [2.24, 2.45) is 5.73 Å². The predicted octanol–water partition coefficient (Wildman–Crippen LogP) is 1.84. The minimum Gasteiger partial charge on any atom is -0.496 e. The molecule has 1 rings (SSSR count). The fraction of sp³-hybridized carbons (Fsp3) is 0.400. The molecule has 2 atom stereocenters. The molecule has 0 aromatic heterocycles. The van der Waals surface area contributed by atoms with E-state index in [4.69, 9.17) is 10.5 Å². The van der Waals surface area contributed by atoms with Gasteiger partial charge in [0.25, 0.3) is 0 Å². The van der Waals surface area contributed by atoms with Crippen LogP contribution in [0.15, 0.2) is 22.7 Å². The number of benzene rings is 1. The van der Waals surface area contributed by atoms with Gasteiger partial charge in [-0.05, 0) is 25.1 Å². The highest BCUT2D eigenvalue weighted by Gasteiger charge is 2.16. The molecule has 0 unspecified atom stereocenters. The van der Waals surface area contributed by atoms with Gasteiger partial charge in [0.1, 0.15) is 5.75 Å². The van der Waals surface area contributed by atoms with Crippen LogP contribution in [0.1, 0.15) is 18.5 Å². The quantitative estimate of drug-likeness (QED) is 0.871. The number of hydrogen-bond donors (Lipinski definition) is 2. The second-order valence-electron chi connectivity index (χ2n) is 3.15. The average Bonchev–Trinajstić information content (AvgIpc) is 2.16. The maximum Gasteiger partial charge on any atom is 0.123 e. The van der Waals surface area contributed by atoms with Crippen LogP contribution in [0.4, 0.5) is 0 Å². The minimum absolute atomic E-state index is 0.428. The van der Waals surface area contributed by atoms with Gasteiger partial charge in [0.05, 0.1) is 19.3 Å². The number of nitrogens with two attached hydrogens (primary N) is 1. The Kier molecular flexibility index (Phi) is 3.92. The van der Waals surface area contributed by atoms with Crippen LogP contribution < -0.4 is 10.5 Å². The number of halogens is 1. The van der Waals surface area contributed by atoms with Crippen molar-refractivity contribution in [3.8, 4) is 5.75 Å². The summed E-state index contributed by atoms with van der Waals surface area (Å²) in [5.74, 6) is 0.696. The molecular weight excluding hydrogens is 246 g/mol. The van der Waals surface area contributed by atoms with Gasteiger partial charge in [-0.1, -0.05) is 15.9 Å². The Bertz CT molecular complexity index is 315. The minimum atomic E-state index is -0.599. The summed E-state index contributed by atoms with van der Waals surface area (Å²) in [5.41, 5.74) is 6.63. The molecule has 4 heteroatoms. The molecule has 1 aromatic rings. The van der Waals surface area contributed by atoms with Crippen molar-refractivity contribution in [1.29, 1.82) is 0 Å². The van der Waals surface area contributed by atoms with Crippen molar-refractivity contribution in [2.75, 3.05) is 7.11 Å². The smallest absolute Gasteiger partial charge is 0.123 e. The van der Waals surface area contributed by atoms with E-state index in [2.05, 4.69) is 15.9 Å². The van der Waals surface area contributed by atoms with Gasteiger partial charge in [0.15, 0.2) is 0 Å². The van der Waals surface area contributed by atoms with Crippen molar-refractivity contribution in [2.45, 2.75) is 19.1 Å². The van der Waals surface area contributed by atoms with Crippen LogP contribution in [0.5, 0.6) is 5.75 Å². The summed E-state index contributed by atoms with van der Waals surface area (Å²) >= 11 is 3.35. The van der Waals surface area contributed by atoms with Gasteiger partial charge in [-0.3, -0.25) is 0 Å². The Morgan fingerprint density at radius 3 is 2.64 bits per heavy atom. The van der Waals surface area contributed by atoms with E-state index in [-0.39, 0.29) is 0 Å². The van der Waals surface area contributed by atoms with Gasteiger partial charge in [-0.15, -0.1) is 0 Å². The summed E-state index contributed by atoms with van der Waals surface area (Å²) < 4.78 is 6.08. The third kappa shape index (κ3) is 2.47. The lowest BCUT2D eigenvalue weighted by Gasteiger charge is -2.18. The van der Waals surface area contributed by atoms with E-state index in [1.54, 1.807) is 14.0 Å². The molecule has 0 saturated heterocycles. The molecule has 0 aliphatic heterocycles. The van der Waals surface area contributed by atoms with Crippen LogP contribution in [-0.2, 0) is 0 Å². The number of aliphatic hydroxyl groups is 1. The molecule has 78 valence electrons. The van der Waals surface area contributed by atoms with Gasteiger partial charge >= 0.3 is 0 Å². The standard InChI is InChI=1S/C10H14BrNO2/c1-6(13)10(12)8-5-7(11)3-4-9(8)14-2/h3-6,10,13H,12H2,1-2H3/t6-,10-/m1/s1. The van der Waals surface area contributed by atoms with Crippen molar-refractivity contribution < 1.29 is 9.84 Å². The van der Waals surface area contributed by atoms with Gasteiger partial charge in [0.2, 0.25) is 0 Å². The van der Waals surface area contributed by atoms with E-state index in [0.717, 1.165) is 10.0 Å². The van der Waals surface area contributed by atoms with Crippen LogP contribution in [-0.4, -0.2) is 18.3 Å². The van der Waals surface area contributed by atoms with Crippen LogP contribution in [0.3, 0.4) is 0 Å². The maximum atomic E-state index is 9.39. The van der Waals surface area contributed by atoms with Gasteiger partial charge in [0, 0.05) is 10.0 Å². The van der Waals surface area contributed by atoms with E-state index in [1.807, 2.05) is 18.2 Å². The first-order valence-corrected chi connectivity index (χ1v) is 5.12. The zero-order chi connectivity index (χ0) is 10.7. The Labute approximate surface area is 92.0 Å². The molecule has 0 aliphatic carbocycles.